The standard InChI is InChI=1S/C11H16BrN3O/c1-3-5-7-16-10-9(12)8-14-11(15-10)13-6-4-2/h3,8H,1,4-7H2,2H3,(H,13,14,15). The van der Waals surface area contributed by atoms with Crippen LogP contribution in [-0.2, 0) is 0 Å². The fourth-order valence-corrected chi connectivity index (χ4v) is 1.32. The van der Waals surface area contributed by atoms with Crippen LogP contribution < -0.4 is 10.1 Å². The lowest BCUT2D eigenvalue weighted by atomic mass is 10.4. The Hall–Kier alpha value is -1.10. The van der Waals surface area contributed by atoms with E-state index in [1.807, 2.05) is 6.08 Å². The van der Waals surface area contributed by atoms with E-state index in [4.69, 9.17) is 4.74 Å². The van der Waals surface area contributed by atoms with Crippen LogP contribution in [0.1, 0.15) is 19.8 Å². The zero-order valence-corrected chi connectivity index (χ0v) is 11.0. The molecule has 1 aromatic rings. The van der Waals surface area contributed by atoms with Crippen molar-refractivity contribution < 1.29 is 4.74 Å². The van der Waals surface area contributed by atoms with Crippen LogP contribution in [0, 0.1) is 0 Å². The van der Waals surface area contributed by atoms with Gasteiger partial charge >= 0.3 is 0 Å². The lowest BCUT2D eigenvalue weighted by Gasteiger charge is -2.08. The van der Waals surface area contributed by atoms with Gasteiger partial charge in [-0.15, -0.1) is 6.58 Å². The number of aromatic nitrogens is 2. The van der Waals surface area contributed by atoms with Crippen LogP contribution in [0.2, 0.25) is 0 Å². The van der Waals surface area contributed by atoms with Gasteiger partial charge in [0.15, 0.2) is 0 Å². The zero-order chi connectivity index (χ0) is 11.8. The number of rotatable bonds is 7. The Kier molecular flexibility index (Phi) is 5.85. The summed E-state index contributed by atoms with van der Waals surface area (Å²) in [6.45, 7) is 7.16. The third-order valence-electron chi connectivity index (χ3n) is 1.81. The van der Waals surface area contributed by atoms with Gasteiger partial charge in [0.2, 0.25) is 11.8 Å². The smallest absolute Gasteiger partial charge is 0.232 e. The molecule has 0 fully saturated rings. The van der Waals surface area contributed by atoms with Gasteiger partial charge in [0.25, 0.3) is 0 Å². The summed E-state index contributed by atoms with van der Waals surface area (Å²) in [5.41, 5.74) is 0. The first kappa shape index (κ1) is 13.0. The van der Waals surface area contributed by atoms with Crippen LogP contribution in [0.25, 0.3) is 0 Å². The third kappa shape index (κ3) is 4.18. The Morgan fingerprint density at radius 1 is 1.62 bits per heavy atom. The van der Waals surface area contributed by atoms with Crippen LogP contribution in [0.5, 0.6) is 5.88 Å². The molecule has 0 aliphatic heterocycles. The number of ether oxygens (including phenoxy) is 1. The number of nitrogens with zero attached hydrogens (tertiary/aromatic N) is 2. The molecule has 4 nitrogen and oxygen atoms in total. The lowest BCUT2D eigenvalue weighted by molar-refractivity contribution is 0.310. The van der Waals surface area contributed by atoms with Crippen molar-refractivity contribution in [1.82, 2.24) is 9.97 Å². The second-order valence-electron chi connectivity index (χ2n) is 3.20. The van der Waals surface area contributed by atoms with E-state index in [0.29, 0.717) is 18.4 Å². The zero-order valence-electron chi connectivity index (χ0n) is 9.37. The molecule has 0 atom stereocenters. The highest BCUT2D eigenvalue weighted by molar-refractivity contribution is 9.10. The van der Waals surface area contributed by atoms with Crippen molar-refractivity contribution in [3.05, 3.63) is 23.3 Å². The molecule has 88 valence electrons. The number of hydrogen-bond acceptors (Lipinski definition) is 4. The molecule has 1 N–H and O–H groups in total. The van der Waals surface area contributed by atoms with E-state index in [0.717, 1.165) is 23.9 Å². The molecule has 0 spiro atoms. The molecule has 0 amide bonds. The first-order chi connectivity index (χ1) is 7.77. The van der Waals surface area contributed by atoms with Gasteiger partial charge in [-0.3, -0.25) is 0 Å². The minimum Gasteiger partial charge on any atom is -0.476 e. The minimum absolute atomic E-state index is 0.565. The van der Waals surface area contributed by atoms with Crippen LogP contribution in [-0.4, -0.2) is 23.1 Å². The van der Waals surface area contributed by atoms with E-state index in [1.54, 1.807) is 6.20 Å². The maximum absolute atomic E-state index is 5.49. The molecule has 0 bridgehead atoms. The van der Waals surface area contributed by atoms with Gasteiger partial charge in [0, 0.05) is 6.54 Å². The van der Waals surface area contributed by atoms with Crippen LogP contribution in [0.4, 0.5) is 5.95 Å². The Balaban J connectivity index is 2.62. The summed E-state index contributed by atoms with van der Waals surface area (Å²) >= 11 is 3.35. The van der Waals surface area contributed by atoms with Crippen molar-refractivity contribution in [2.75, 3.05) is 18.5 Å². The molecule has 5 heteroatoms. The molecule has 0 radical (unpaired) electrons. The van der Waals surface area contributed by atoms with Gasteiger partial charge in [-0.2, -0.15) is 4.98 Å². The molecule has 0 unspecified atom stereocenters. The predicted octanol–water partition coefficient (Wildman–Crippen LogP) is 3.02. The first-order valence-corrected chi connectivity index (χ1v) is 6.07. The van der Waals surface area contributed by atoms with Gasteiger partial charge in [0.05, 0.1) is 17.3 Å². The van der Waals surface area contributed by atoms with Gasteiger partial charge in [-0.05, 0) is 28.8 Å². The number of hydrogen-bond donors (Lipinski definition) is 1. The predicted molar refractivity (Wildman–Crippen MR) is 68.8 cm³/mol. The van der Waals surface area contributed by atoms with Crippen LogP contribution in [0.15, 0.2) is 23.3 Å². The largest absolute Gasteiger partial charge is 0.476 e. The van der Waals surface area contributed by atoms with Crippen molar-refractivity contribution in [2.24, 2.45) is 0 Å². The van der Waals surface area contributed by atoms with Gasteiger partial charge in [0.1, 0.15) is 0 Å². The van der Waals surface area contributed by atoms with Gasteiger partial charge in [-0.25, -0.2) is 4.98 Å². The average molecular weight is 286 g/mol. The summed E-state index contributed by atoms with van der Waals surface area (Å²) in [7, 11) is 0. The Labute approximate surface area is 104 Å². The van der Waals surface area contributed by atoms with Crippen molar-refractivity contribution in [2.45, 2.75) is 19.8 Å². The monoisotopic (exact) mass is 285 g/mol. The lowest BCUT2D eigenvalue weighted by Crippen LogP contribution is -2.06. The van der Waals surface area contributed by atoms with E-state index < -0.39 is 0 Å². The van der Waals surface area contributed by atoms with Gasteiger partial charge in [-0.1, -0.05) is 13.0 Å². The Morgan fingerprint density at radius 3 is 3.12 bits per heavy atom. The molecule has 0 aromatic carbocycles. The number of anilines is 1. The van der Waals surface area contributed by atoms with E-state index in [9.17, 15) is 0 Å². The maximum atomic E-state index is 5.49. The molecule has 16 heavy (non-hydrogen) atoms. The summed E-state index contributed by atoms with van der Waals surface area (Å²) in [5.74, 6) is 1.16. The minimum atomic E-state index is 0.565. The third-order valence-corrected chi connectivity index (χ3v) is 2.35. The highest BCUT2D eigenvalue weighted by Crippen LogP contribution is 2.22. The molecule has 1 rings (SSSR count). The summed E-state index contributed by atoms with van der Waals surface area (Å²) in [6, 6.07) is 0. The number of halogens is 1. The summed E-state index contributed by atoms with van der Waals surface area (Å²) in [5, 5.41) is 3.11. The summed E-state index contributed by atoms with van der Waals surface area (Å²) in [4.78, 5) is 8.39. The maximum Gasteiger partial charge on any atom is 0.232 e. The highest BCUT2D eigenvalue weighted by atomic mass is 79.9. The quantitative estimate of drug-likeness (QED) is 0.618. The molecule has 0 saturated heterocycles. The Bertz CT molecular complexity index is 344. The fourth-order valence-electron chi connectivity index (χ4n) is 1.01. The van der Waals surface area contributed by atoms with Crippen molar-refractivity contribution in [1.29, 1.82) is 0 Å². The first-order valence-electron chi connectivity index (χ1n) is 5.28. The molecule has 0 aliphatic carbocycles. The fraction of sp³-hybridized carbons (Fsp3) is 0.455. The molecular formula is C11H16BrN3O. The van der Waals surface area contributed by atoms with Crippen LogP contribution >= 0.6 is 15.9 Å². The molecule has 0 saturated carbocycles. The normalized spacial score (nSPS) is 9.88. The van der Waals surface area contributed by atoms with Crippen molar-refractivity contribution in [3.63, 3.8) is 0 Å². The topological polar surface area (TPSA) is 47.0 Å². The summed E-state index contributed by atoms with van der Waals surface area (Å²) < 4.78 is 6.25. The Morgan fingerprint density at radius 2 is 2.44 bits per heavy atom. The van der Waals surface area contributed by atoms with Crippen molar-refractivity contribution >= 4 is 21.9 Å². The molecular weight excluding hydrogens is 270 g/mol. The second kappa shape index (κ2) is 7.22. The molecule has 0 aliphatic rings. The van der Waals surface area contributed by atoms with E-state index >= 15 is 0 Å². The van der Waals surface area contributed by atoms with E-state index in [1.165, 1.54) is 0 Å². The molecule has 1 aromatic heterocycles. The van der Waals surface area contributed by atoms with Crippen molar-refractivity contribution in [3.8, 4) is 5.88 Å². The van der Waals surface area contributed by atoms with Crippen LogP contribution in [0.3, 0.4) is 0 Å². The van der Waals surface area contributed by atoms with E-state index in [-0.39, 0.29) is 0 Å². The average Bonchev–Trinajstić information content (AvgIpc) is 2.30. The van der Waals surface area contributed by atoms with E-state index in [2.05, 4.69) is 44.7 Å². The highest BCUT2D eigenvalue weighted by Gasteiger charge is 2.05. The number of nitrogens with one attached hydrogen (secondary N) is 1. The van der Waals surface area contributed by atoms with Gasteiger partial charge < -0.3 is 10.1 Å². The summed E-state index contributed by atoms with van der Waals surface area (Å²) in [6.07, 6.45) is 5.33. The molecule has 1 heterocycles. The SMILES string of the molecule is C=CCCOc1nc(NCCC)ncc1Br. The second-order valence-corrected chi connectivity index (χ2v) is 4.05.